The molecule has 0 radical (unpaired) electrons. The summed E-state index contributed by atoms with van der Waals surface area (Å²) < 4.78 is 0. The van der Waals surface area contributed by atoms with Crippen molar-refractivity contribution in [2.45, 2.75) is 22.3 Å². The minimum absolute atomic E-state index is 0.0671. The van der Waals surface area contributed by atoms with Crippen molar-refractivity contribution in [3.8, 4) is 0 Å². The maximum Gasteiger partial charge on any atom is 0.269 e. The highest BCUT2D eigenvalue weighted by Gasteiger charge is 2.22. The summed E-state index contributed by atoms with van der Waals surface area (Å²) in [6, 6.07) is 12.5. The first-order chi connectivity index (χ1) is 9.15. The lowest BCUT2D eigenvalue weighted by Crippen LogP contribution is -2.01. The molecule has 0 aromatic heterocycles. The first-order valence-corrected chi connectivity index (χ1v) is 6.69. The first-order valence-electron chi connectivity index (χ1n) is 5.87. The monoisotopic (exact) mass is 273 g/mol. The van der Waals surface area contributed by atoms with Crippen molar-refractivity contribution in [1.29, 1.82) is 0 Å². The SMILES string of the molecule is O=[N+]([O-])c1ccc2c(c1)CC(O)c1ccccc1S2. The van der Waals surface area contributed by atoms with Gasteiger partial charge < -0.3 is 5.11 Å². The molecule has 3 rings (SSSR count). The smallest absolute Gasteiger partial charge is 0.269 e. The fourth-order valence-corrected chi connectivity index (χ4v) is 3.34. The lowest BCUT2D eigenvalue weighted by atomic mass is 10.0. The Hall–Kier alpha value is -1.85. The fraction of sp³-hybridized carbons (Fsp3) is 0.143. The number of aliphatic hydroxyl groups is 1. The van der Waals surface area contributed by atoms with Crippen LogP contribution in [0.15, 0.2) is 52.3 Å². The number of nitro groups is 1. The normalized spacial score (nSPS) is 17.2. The summed E-state index contributed by atoms with van der Waals surface area (Å²) in [4.78, 5) is 12.4. The number of hydrogen-bond acceptors (Lipinski definition) is 4. The molecule has 2 aromatic carbocycles. The van der Waals surface area contributed by atoms with E-state index in [1.165, 1.54) is 6.07 Å². The maximum absolute atomic E-state index is 10.8. The zero-order chi connectivity index (χ0) is 13.4. The fourth-order valence-electron chi connectivity index (χ4n) is 2.22. The molecule has 0 amide bonds. The molecule has 0 aliphatic carbocycles. The van der Waals surface area contributed by atoms with Gasteiger partial charge in [0.2, 0.25) is 0 Å². The molecule has 2 aromatic rings. The molecule has 1 atom stereocenters. The van der Waals surface area contributed by atoms with Crippen molar-refractivity contribution in [2.24, 2.45) is 0 Å². The lowest BCUT2D eigenvalue weighted by Gasteiger charge is -2.10. The number of hydrogen-bond donors (Lipinski definition) is 1. The van der Waals surface area contributed by atoms with Crippen molar-refractivity contribution in [1.82, 2.24) is 0 Å². The zero-order valence-electron chi connectivity index (χ0n) is 9.95. The van der Waals surface area contributed by atoms with Crippen molar-refractivity contribution in [2.75, 3.05) is 0 Å². The van der Waals surface area contributed by atoms with Crippen LogP contribution in [0.4, 0.5) is 5.69 Å². The third-order valence-electron chi connectivity index (χ3n) is 3.17. The summed E-state index contributed by atoms with van der Waals surface area (Å²) in [6.45, 7) is 0. The zero-order valence-corrected chi connectivity index (χ0v) is 10.8. The van der Waals surface area contributed by atoms with Gasteiger partial charge in [-0.15, -0.1) is 0 Å². The standard InChI is InChI=1S/C14H11NO3S/c16-12-8-9-7-10(15(17)18)5-6-13(9)19-14-4-2-1-3-11(12)14/h1-7,12,16H,8H2. The number of rotatable bonds is 1. The molecule has 0 saturated carbocycles. The van der Waals surface area contributed by atoms with Crippen LogP contribution in [0.25, 0.3) is 0 Å². The van der Waals surface area contributed by atoms with Crippen molar-refractivity contribution < 1.29 is 10.0 Å². The first kappa shape index (κ1) is 12.2. The summed E-state index contributed by atoms with van der Waals surface area (Å²) in [6.07, 6.45) is -0.215. The molecule has 4 nitrogen and oxygen atoms in total. The largest absolute Gasteiger partial charge is 0.388 e. The number of fused-ring (bicyclic) bond motifs is 2. The van der Waals surface area contributed by atoms with E-state index in [4.69, 9.17) is 0 Å². The van der Waals surface area contributed by atoms with Crippen LogP contribution in [0.5, 0.6) is 0 Å². The highest BCUT2D eigenvalue weighted by Crippen LogP contribution is 2.41. The van der Waals surface area contributed by atoms with Crippen LogP contribution in [-0.4, -0.2) is 10.0 Å². The minimum Gasteiger partial charge on any atom is -0.388 e. The Morgan fingerprint density at radius 2 is 2.00 bits per heavy atom. The molecule has 0 bridgehead atoms. The number of non-ortho nitro benzene ring substituents is 1. The number of nitrogens with zero attached hydrogens (tertiary/aromatic N) is 1. The summed E-state index contributed by atoms with van der Waals surface area (Å²) in [5, 5.41) is 21.0. The van der Waals surface area contributed by atoms with Crippen LogP contribution in [0.2, 0.25) is 0 Å². The van der Waals surface area contributed by atoms with Gasteiger partial charge in [0.25, 0.3) is 5.69 Å². The predicted molar refractivity (Wildman–Crippen MR) is 72.3 cm³/mol. The molecule has 1 aliphatic heterocycles. The van der Waals surface area contributed by atoms with Crippen molar-refractivity contribution in [3.63, 3.8) is 0 Å². The molecular formula is C14H11NO3S. The minimum atomic E-state index is -0.619. The van der Waals surface area contributed by atoms with Crippen LogP contribution in [-0.2, 0) is 6.42 Å². The second kappa shape index (κ2) is 4.68. The summed E-state index contributed by atoms with van der Waals surface area (Å²) >= 11 is 1.54. The summed E-state index contributed by atoms with van der Waals surface area (Å²) in [7, 11) is 0. The van der Waals surface area contributed by atoms with E-state index in [9.17, 15) is 15.2 Å². The Labute approximate surface area is 114 Å². The van der Waals surface area contributed by atoms with Gasteiger partial charge in [-0.1, -0.05) is 30.0 Å². The molecule has 19 heavy (non-hydrogen) atoms. The van der Waals surface area contributed by atoms with Crippen molar-refractivity contribution >= 4 is 17.4 Å². The van der Waals surface area contributed by atoms with Crippen LogP contribution in [0.3, 0.4) is 0 Å². The number of aliphatic hydroxyl groups excluding tert-OH is 1. The quantitative estimate of drug-likeness (QED) is 0.639. The second-order valence-corrected chi connectivity index (χ2v) is 5.49. The molecule has 1 N–H and O–H groups in total. The Morgan fingerprint density at radius 1 is 1.21 bits per heavy atom. The molecule has 0 saturated heterocycles. The number of nitro benzene ring substituents is 1. The highest BCUT2D eigenvalue weighted by molar-refractivity contribution is 7.99. The second-order valence-electron chi connectivity index (χ2n) is 4.41. The van der Waals surface area contributed by atoms with Crippen molar-refractivity contribution in [3.05, 3.63) is 63.7 Å². The van der Waals surface area contributed by atoms with Crippen LogP contribution >= 0.6 is 11.8 Å². The van der Waals surface area contributed by atoms with Gasteiger partial charge >= 0.3 is 0 Å². The Balaban J connectivity index is 2.09. The van der Waals surface area contributed by atoms with Gasteiger partial charge in [-0.3, -0.25) is 10.1 Å². The Kier molecular flexibility index (Phi) is 3.00. The molecule has 1 unspecified atom stereocenters. The van der Waals surface area contributed by atoms with Gasteiger partial charge in [-0.2, -0.15) is 0 Å². The van der Waals surface area contributed by atoms with E-state index in [0.717, 1.165) is 20.9 Å². The van der Waals surface area contributed by atoms with E-state index in [1.807, 2.05) is 24.3 Å². The van der Waals surface area contributed by atoms with Gasteiger partial charge in [0.05, 0.1) is 11.0 Å². The van der Waals surface area contributed by atoms with Gasteiger partial charge in [0, 0.05) is 28.3 Å². The van der Waals surface area contributed by atoms with E-state index < -0.39 is 11.0 Å². The topological polar surface area (TPSA) is 63.4 Å². The average Bonchev–Trinajstić information content (AvgIpc) is 2.54. The van der Waals surface area contributed by atoms with Crippen LogP contribution in [0, 0.1) is 10.1 Å². The maximum atomic E-state index is 10.8. The predicted octanol–water partition coefficient (Wildman–Crippen LogP) is 3.34. The lowest BCUT2D eigenvalue weighted by molar-refractivity contribution is -0.385. The molecule has 0 fully saturated rings. The van der Waals surface area contributed by atoms with E-state index >= 15 is 0 Å². The van der Waals surface area contributed by atoms with E-state index in [1.54, 1.807) is 23.9 Å². The Morgan fingerprint density at radius 3 is 2.79 bits per heavy atom. The Bertz CT molecular complexity index is 657. The summed E-state index contributed by atoms with van der Waals surface area (Å²) in [5.41, 5.74) is 1.77. The van der Waals surface area contributed by atoms with Gasteiger partial charge in [-0.25, -0.2) is 0 Å². The highest BCUT2D eigenvalue weighted by atomic mass is 32.2. The van der Waals surface area contributed by atoms with E-state index in [0.29, 0.717) is 6.42 Å². The molecule has 5 heteroatoms. The van der Waals surface area contributed by atoms with Crippen LogP contribution in [0.1, 0.15) is 17.2 Å². The molecular weight excluding hydrogens is 262 g/mol. The van der Waals surface area contributed by atoms with Gasteiger partial charge in [0.1, 0.15) is 0 Å². The van der Waals surface area contributed by atoms with E-state index in [-0.39, 0.29) is 5.69 Å². The average molecular weight is 273 g/mol. The third kappa shape index (κ3) is 2.22. The molecule has 96 valence electrons. The van der Waals surface area contributed by atoms with Gasteiger partial charge in [-0.05, 0) is 23.3 Å². The summed E-state index contributed by atoms with van der Waals surface area (Å²) in [5.74, 6) is 0. The third-order valence-corrected chi connectivity index (χ3v) is 4.38. The van der Waals surface area contributed by atoms with Gasteiger partial charge in [0.15, 0.2) is 0 Å². The van der Waals surface area contributed by atoms with Crippen LogP contribution < -0.4 is 0 Å². The molecule has 1 heterocycles. The number of benzene rings is 2. The molecule has 0 spiro atoms. The molecule has 1 aliphatic rings. The van der Waals surface area contributed by atoms with E-state index in [2.05, 4.69) is 0 Å².